The van der Waals surface area contributed by atoms with E-state index >= 15 is 0 Å². The average Bonchev–Trinajstić information content (AvgIpc) is 2.35. The summed E-state index contributed by atoms with van der Waals surface area (Å²) in [5.41, 5.74) is 3.31. The highest BCUT2D eigenvalue weighted by molar-refractivity contribution is 7.01. The van der Waals surface area contributed by atoms with Gasteiger partial charge in [0.2, 0.25) is 8.32 Å². The van der Waals surface area contributed by atoms with Crippen molar-refractivity contribution in [2.24, 2.45) is 0 Å². The highest BCUT2D eigenvalue weighted by atomic mass is 28.4. The van der Waals surface area contributed by atoms with Gasteiger partial charge in [0.15, 0.2) is 0 Å². The van der Waals surface area contributed by atoms with E-state index in [1.165, 1.54) is 0 Å². The van der Waals surface area contributed by atoms with E-state index in [-0.39, 0.29) is 5.04 Å². The van der Waals surface area contributed by atoms with Crippen LogP contribution in [0.2, 0.25) is 48.5 Å². The quantitative estimate of drug-likeness (QED) is 0.537. The summed E-state index contributed by atoms with van der Waals surface area (Å²) in [6, 6.07) is 0. The van der Waals surface area contributed by atoms with Crippen LogP contribution in [0.1, 0.15) is 34.6 Å². The first kappa shape index (κ1) is 20.1. The van der Waals surface area contributed by atoms with E-state index in [1.807, 2.05) is 7.11 Å². The van der Waals surface area contributed by atoms with Crippen molar-refractivity contribution >= 4 is 24.5 Å². The molecule has 0 saturated carbocycles. The second-order valence-electron chi connectivity index (χ2n) is 9.91. The molecule has 1 nitrogen and oxygen atoms in total. The molecule has 0 radical (unpaired) electrons. The molecule has 1 heterocycles. The largest absolute Gasteiger partial charge is 0.415 e. The van der Waals surface area contributed by atoms with Crippen LogP contribution in [0.25, 0.3) is 0 Å². The molecule has 1 aliphatic heterocycles. The van der Waals surface area contributed by atoms with Crippen molar-refractivity contribution in [3.05, 3.63) is 23.0 Å². The molecule has 1 aliphatic rings. The number of rotatable bonds is 4. The van der Waals surface area contributed by atoms with Gasteiger partial charge in [0.05, 0.1) is 16.1 Å². The van der Waals surface area contributed by atoms with Crippen LogP contribution in [0, 0.1) is 0 Å². The van der Waals surface area contributed by atoms with Gasteiger partial charge in [-0.3, -0.25) is 0 Å². The molecule has 0 aliphatic carbocycles. The van der Waals surface area contributed by atoms with E-state index < -0.39 is 24.5 Å². The van der Waals surface area contributed by atoms with Crippen molar-refractivity contribution in [3.8, 4) is 0 Å². The first-order valence-corrected chi connectivity index (χ1v) is 17.4. The van der Waals surface area contributed by atoms with Crippen LogP contribution in [-0.4, -0.2) is 31.6 Å². The first-order chi connectivity index (χ1) is 9.70. The number of hydrogen-bond donors (Lipinski definition) is 0. The van der Waals surface area contributed by atoms with E-state index in [2.05, 4.69) is 85.2 Å². The first-order valence-electron chi connectivity index (χ1n) is 8.67. The molecule has 0 amide bonds. The molecule has 0 saturated heterocycles. The molecular formula is C18H38OSi3. The number of allylic oxidation sites excluding steroid dienone is 3. The zero-order valence-electron chi connectivity index (χ0n) is 16.8. The van der Waals surface area contributed by atoms with Crippen molar-refractivity contribution in [3.63, 3.8) is 0 Å². The standard InChI is InChI=1S/C18H38OSi3/c1-15(2)21(10,11)17-14-16(20(7,8)9)12-13-22(17,19-6)18(3,4)5/h12-15,17H,1-11H3. The third kappa shape index (κ3) is 3.45. The highest BCUT2D eigenvalue weighted by Gasteiger charge is 2.57. The Balaban J connectivity index is 3.56. The SMILES string of the molecule is CO[Si]1(C(C)(C)C)C=CC([Si](C)(C)C)=CC1[Si](C)(C)C(C)C. The van der Waals surface area contributed by atoms with Gasteiger partial charge in [0.1, 0.15) is 0 Å². The Hall–Kier alpha value is 0.0906. The predicted molar refractivity (Wildman–Crippen MR) is 109 cm³/mol. The molecule has 0 aromatic carbocycles. The third-order valence-electron chi connectivity index (χ3n) is 5.98. The molecule has 0 aromatic rings. The van der Waals surface area contributed by atoms with Gasteiger partial charge in [-0.05, 0) is 10.2 Å². The molecule has 0 bridgehead atoms. The lowest BCUT2D eigenvalue weighted by molar-refractivity contribution is 0.369. The zero-order valence-corrected chi connectivity index (χ0v) is 19.8. The Labute approximate surface area is 142 Å². The van der Waals surface area contributed by atoms with Gasteiger partial charge in [-0.25, -0.2) is 0 Å². The van der Waals surface area contributed by atoms with E-state index in [1.54, 1.807) is 5.20 Å². The molecule has 0 aromatic heterocycles. The molecule has 0 N–H and O–H groups in total. The van der Waals surface area contributed by atoms with E-state index in [4.69, 9.17) is 4.43 Å². The fraction of sp³-hybridized carbons (Fsp3) is 0.778. The van der Waals surface area contributed by atoms with Crippen molar-refractivity contribution in [1.29, 1.82) is 0 Å². The minimum Gasteiger partial charge on any atom is -0.415 e. The minimum atomic E-state index is -1.98. The summed E-state index contributed by atoms with van der Waals surface area (Å²) in [5, 5.41) is 2.52. The van der Waals surface area contributed by atoms with E-state index in [0.717, 1.165) is 5.54 Å². The summed E-state index contributed by atoms with van der Waals surface area (Å²) in [5.74, 6) is 0. The van der Waals surface area contributed by atoms with Crippen LogP contribution in [-0.2, 0) is 4.43 Å². The van der Waals surface area contributed by atoms with Crippen LogP contribution in [0.4, 0.5) is 0 Å². The van der Waals surface area contributed by atoms with Crippen molar-refractivity contribution in [2.75, 3.05) is 7.11 Å². The maximum atomic E-state index is 6.41. The van der Waals surface area contributed by atoms with Gasteiger partial charge in [0, 0.05) is 7.11 Å². The maximum Gasteiger partial charge on any atom is 0.225 e. The Morgan fingerprint density at radius 2 is 1.59 bits per heavy atom. The Morgan fingerprint density at radius 3 is 1.91 bits per heavy atom. The lowest BCUT2D eigenvalue weighted by atomic mass is 10.2. The second kappa shape index (κ2) is 6.19. The van der Waals surface area contributed by atoms with Gasteiger partial charge in [-0.1, -0.05) is 95.9 Å². The van der Waals surface area contributed by atoms with E-state index in [0.29, 0.717) is 5.16 Å². The molecule has 4 heteroatoms. The predicted octanol–water partition coefficient (Wildman–Crippen LogP) is 6.32. The second-order valence-corrected chi connectivity index (χ2v) is 25.4. The summed E-state index contributed by atoms with van der Waals surface area (Å²) in [6.07, 6.45) is 5.12. The van der Waals surface area contributed by atoms with Gasteiger partial charge >= 0.3 is 0 Å². The van der Waals surface area contributed by atoms with Crippen LogP contribution >= 0.6 is 0 Å². The molecule has 2 atom stereocenters. The lowest BCUT2D eigenvalue weighted by Gasteiger charge is -2.52. The summed E-state index contributed by atoms with van der Waals surface area (Å²) >= 11 is 0. The monoisotopic (exact) mass is 354 g/mol. The molecule has 1 rings (SSSR count). The van der Waals surface area contributed by atoms with Crippen LogP contribution in [0.3, 0.4) is 0 Å². The molecule has 2 unspecified atom stereocenters. The molecule has 0 spiro atoms. The van der Waals surface area contributed by atoms with Crippen LogP contribution in [0.5, 0.6) is 0 Å². The van der Waals surface area contributed by atoms with Crippen molar-refractivity contribution < 1.29 is 4.43 Å². The van der Waals surface area contributed by atoms with Crippen LogP contribution in [0.15, 0.2) is 23.0 Å². The summed E-state index contributed by atoms with van der Waals surface area (Å²) in [6.45, 7) is 24.5. The van der Waals surface area contributed by atoms with Crippen molar-refractivity contribution in [2.45, 2.75) is 83.1 Å². The Bertz CT molecular complexity index is 464. The normalized spacial score (nSPS) is 27.3. The molecule has 128 valence electrons. The topological polar surface area (TPSA) is 9.23 Å². The molecule has 22 heavy (non-hydrogen) atoms. The number of hydrogen-bond acceptors (Lipinski definition) is 1. The maximum absolute atomic E-state index is 6.41. The smallest absolute Gasteiger partial charge is 0.225 e. The molecule has 0 fully saturated rings. The fourth-order valence-corrected chi connectivity index (χ4v) is 17.5. The third-order valence-corrected chi connectivity index (χ3v) is 21.1. The lowest BCUT2D eigenvalue weighted by Crippen LogP contribution is -2.59. The molecular weight excluding hydrogens is 316 g/mol. The summed E-state index contributed by atoms with van der Waals surface area (Å²) in [7, 11) is -2.73. The van der Waals surface area contributed by atoms with E-state index in [9.17, 15) is 0 Å². The van der Waals surface area contributed by atoms with Crippen molar-refractivity contribution in [1.82, 2.24) is 0 Å². The van der Waals surface area contributed by atoms with Gasteiger partial charge in [0.25, 0.3) is 0 Å². The highest BCUT2D eigenvalue weighted by Crippen LogP contribution is 2.53. The fourth-order valence-electron chi connectivity index (χ4n) is 3.52. The minimum absolute atomic E-state index is 0.226. The summed E-state index contributed by atoms with van der Waals surface area (Å²) in [4.78, 5) is 0. The van der Waals surface area contributed by atoms with Crippen LogP contribution < -0.4 is 0 Å². The van der Waals surface area contributed by atoms with Gasteiger partial charge < -0.3 is 4.43 Å². The Kier molecular flexibility index (Phi) is 5.66. The summed E-state index contributed by atoms with van der Waals surface area (Å²) < 4.78 is 6.41. The van der Waals surface area contributed by atoms with Gasteiger partial charge in [-0.2, -0.15) is 0 Å². The Morgan fingerprint density at radius 1 is 1.09 bits per heavy atom. The average molecular weight is 355 g/mol. The zero-order chi connectivity index (χ0) is 17.6. The van der Waals surface area contributed by atoms with Gasteiger partial charge in [-0.15, -0.1) is 0 Å².